The van der Waals surface area contributed by atoms with Crippen LogP contribution in [0.4, 0.5) is 10.2 Å². The van der Waals surface area contributed by atoms with Gasteiger partial charge in [0.1, 0.15) is 11.6 Å². The molecule has 3 N–H and O–H groups in total. The molecule has 0 bridgehead atoms. The molecular weight excluding hydrogens is 530 g/mol. The molecule has 8 nitrogen and oxygen atoms in total. The Labute approximate surface area is 199 Å². The first-order valence-corrected chi connectivity index (χ1v) is 11.2. The largest absolute Gasteiger partial charge is 0.360 e. The van der Waals surface area contributed by atoms with Crippen molar-refractivity contribution < 1.29 is 23.6 Å². The molecule has 2 heterocycles. The molecule has 1 unspecified atom stereocenters. The first kappa shape index (κ1) is 24.1. The third-order valence-electron chi connectivity index (χ3n) is 4.54. The van der Waals surface area contributed by atoms with Gasteiger partial charge in [0.15, 0.2) is 6.29 Å². The van der Waals surface area contributed by atoms with Gasteiger partial charge < -0.3 is 15.4 Å². The lowest BCUT2D eigenvalue weighted by molar-refractivity contribution is -0.198. The van der Waals surface area contributed by atoms with E-state index in [0.29, 0.717) is 19.0 Å². The first-order chi connectivity index (χ1) is 15.5. The Hall–Kier alpha value is -2.57. The van der Waals surface area contributed by atoms with E-state index in [0.717, 1.165) is 34.0 Å². The fraction of sp³-hybridized carbons (Fsp3) is 0.318. The minimum absolute atomic E-state index is 0.0440. The van der Waals surface area contributed by atoms with Crippen molar-refractivity contribution in [1.82, 2.24) is 15.8 Å². The quantitative estimate of drug-likeness (QED) is 0.250. The number of halogens is 2. The Morgan fingerprint density at radius 2 is 2.09 bits per heavy atom. The van der Waals surface area contributed by atoms with Gasteiger partial charge >= 0.3 is 0 Å². The third kappa shape index (κ3) is 8.17. The maximum atomic E-state index is 12.9. The lowest BCUT2D eigenvalue weighted by atomic mass is 10.2. The van der Waals surface area contributed by atoms with Gasteiger partial charge in [-0.2, -0.15) is 0 Å². The zero-order valence-corrected chi connectivity index (χ0v) is 19.4. The van der Waals surface area contributed by atoms with Crippen molar-refractivity contribution >= 4 is 46.3 Å². The summed E-state index contributed by atoms with van der Waals surface area (Å²) in [6, 6.07) is 7.78. The number of aromatic nitrogens is 1. The SMILES string of the molecule is O=C(/C=C/c1cnc(NCC(=O)NCc2ccc(F)cc2)c(I)c1)NOC1CCCCO1. The van der Waals surface area contributed by atoms with Gasteiger partial charge in [0.2, 0.25) is 5.91 Å². The molecule has 0 spiro atoms. The van der Waals surface area contributed by atoms with Gasteiger partial charge in [-0.15, -0.1) is 0 Å². The summed E-state index contributed by atoms with van der Waals surface area (Å²) in [5.74, 6) is -0.366. The second-order valence-electron chi connectivity index (χ2n) is 7.07. The molecule has 1 aliphatic rings. The normalized spacial score (nSPS) is 16.0. The topological polar surface area (TPSA) is 102 Å². The molecule has 0 saturated carbocycles. The summed E-state index contributed by atoms with van der Waals surface area (Å²) in [5.41, 5.74) is 3.90. The van der Waals surface area contributed by atoms with E-state index in [1.807, 2.05) is 6.07 Å². The highest BCUT2D eigenvalue weighted by Gasteiger charge is 2.15. The molecule has 1 fully saturated rings. The average molecular weight is 554 g/mol. The molecule has 0 radical (unpaired) electrons. The summed E-state index contributed by atoms with van der Waals surface area (Å²) in [4.78, 5) is 33.5. The minimum Gasteiger partial charge on any atom is -0.360 e. The molecule has 1 saturated heterocycles. The second kappa shape index (κ2) is 12.5. The fourth-order valence-electron chi connectivity index (χ4n) is 2.84. The van der Waals surface area contributed by atoms with Crippen molar-refractivity contribution in [1.29, 1.82) is 0 Å². The Morgan fingerprint density at radius 3 is 2.81 bits per heavy atom. The van der Waals surface area contributed by atoms with Crippen LogP contribution < -0.4 is 16.1 Å². The molecule has 2 aromatic rings. The Morgan fingerprint density at radius 1 is 1.28 bits per heavy atom. The van der Waals surface area contributed by atoms with Crippen LogP contribution in [0.15, 0.2) is 42.6 Å². The number of hydroxylamine groups is 1. The van der Waals surface area contributed by atoms with Crippen LogP contribution in [0.2, 0.25) is 0 Å². The maximum absolute atomic E-state index is 12.9. The second-order valence-corrected chi connectivity index (χ2v) is 8.23. The number of benzene rings is 1. The number of ether oxygens (including phenoxy) is 1. The number of amides is 2. The van der Waals surface area contributed by atoms with Crippen molar-refractivity contribution in [2.24, 2.45) is 0 Å². The lowest BCUT2D eigenvalue weighted by Gasteiger charge is -2.21. The van der Waals surface area contributed by atoms with Crippen LogP contribution in [0.3, 0.4) is 0 Å². The molecule has 2 amide bonds. The minimum atomic E-state index is -0.401. The molecule has 1 aliphatic heterocycles. The van der Waals surface area contributed by atoms with E-state index in [1.165, 1.54) is 18.2 Å². The number of nitrogens with zero attached hydrogens (tertiary/aromatic N) is 1. The van der Waals surface area contributed by atoms with Gasteiger partial charge in [-0.3, -0.25) is 9.59 Å². The molecule has 32 heavy (non-hydrogen) atoms. The Bertz CT molecular complexity index is 949. The highest BCUT2D eigenvalue weighted by molar-refractivity contribution is 14.1. The summed E-state index contributed by atoms with van der Waals surface area (Å²) in [6.45, 7) is 0.993. The van der Waals surface area contributed by atoms with Gasteiger partial charge in [-0.1, -0.05) is 12.1 Å². The highest BCUT2D eigenvalue weighted by atomic mass is 127. The van der Waals surface area contributed by atoms with E-state index in [4.69, 9.17) is 9.57 Å². The number of carbonyl (C=O) groups is 2. The van der Waals surface area contributed by atoms with E-state index < -0.39 is 12.2 Å². The van der Waals surface area contributed by atoms with Crippen molar-refractivity contribution in [3.05, 3.63) is 63.1 Å². The molecule has 3 rings (SSSR count). The summed E-state index contributed by atoms with van der Waals surface area (Å²) < 4.78 is 19.1. The van der Waals surface area contributed by atoms with E-state index in [2.05, 4.69) is 43.7 Å². The van der Waals surface area contributed by atoms with Crippen LogP contribution in [-0.4, -0.2) is 36.2 Å². The van der Waals surface area contributed by atoms with Crippen LogP contribution in [0.25, 0.3) is 6.08 Å². The number of hydrogen-bond acceptors (Lipinski definition) is 6. The smallest absolute Gasteiger partial charge is 0.267 e. The molecule has 170 valence electrons. The Balaban J connectivity index is 1.41. The monoisotopic (exact) mass is 554 g/mol. The number of anilines is 1. The molecule has 1 atom stereocenters. The lowest BCUT2D eigenvalue weighted by Crippen LogP contribution is -2.32. The van der Waals surface area contributed by atoms with Gasteiger partial charge in [-0.05, 0) is 70.8 Å². The van der Waals surface area contributed by atoms with E-state index in [1.54, 1.807) is 24.4 Å². The molecule has 1 aromatic carbocycles. The van der Waals surface area contributed by atoms with Crippen LogP contribution in [-0.2, 0) is 25.7 Å². The zero-order chi connectivity index (χ0) is 22.8. The van der Waals surface area contributed by atoms with Crippen LogP contribution in [0.5, 0.6) is 0 Å². The first-order valence-electron chi connectivity index (χ1n) is 10.2. The van der Waals surface area contributed by atoms with E-state index >= 15 is 0 Å². The van der Waals surface area contributed by atoms with Crippen LogP contribution in [0.1, 0.15) is 30.4 Å². The van der Waals surface area contributed by atoms with Gasteiger partial charge in [0.25, 0.3) is 5.91 Å². The van der Waals surface area contributed by atoms with E-state index in [9.17, 15) is 14.0 Å². The predicted molar refractivity (Wildman–Crippen MR) is 126 cm³/mol. The Kier molecular flexibility index (Phi) is 9.38. The molecule has 0 aliphatic carbocycles. The van der Waals surface area contributed by atoms with Crippen molar-refractivity contribution in [2.45, 2.75) is 32.1 Å². The third-order valence-corrected chi connectivity index (χ3v) is 5.36. The highest BCUT2D eigenvalue weighted by Crippen LogP contribution is 2.17. The molecular formula is C22H24FIN4O4. The predicted octanol–water partition coefficient (Wildman–Crippen LogP) is 3.14. The summed E-state index contributed by atoms with van der Waals surface area (Å²) in [6.07, 6.45) is 6.94. The average Bonchev–Trinajstić information content (AvgIpc) is 2.81. The standard InChI is InChI=1S/C22H24FIN4O4/c23-17-7-4-15(5-8-17)12-25-20(30)14-27-22-18(24)11-16(13-26-22)6-9-19(29)28-32-21-3-1-2-10-31-21/h4-9,11,13,21H,1-3,10,12,14H2,(H,25,30)(H,26,27)(H,28,29)/b9-6+. The summed E-state index contributed by atoms with van der Waals surface area (Å²) in [7, 11) is 0. The van der Waals surface area contributed by atoms with Gasteiger partial charge in [-0.25, -0.2) is 19.7 Å². The van der Waals surface area contributed by atoms with Crippen LogP contribution in [0, 0.1) is 9.39 Å². The van der Waals surface area contributed by atoms with Gasteiger partial charge in [0, 0.05) is 31.8 Å². The van der Waals surface area contributed by atoms with Crippen molar-refractivity contribution in [3.63, 3.8) is 0 Å². The summed E-state index contributed by atoms with van der Waals surface area (Å²) >= 11 is 2.10. The number of rotatable bonds is 9. The van der Waals surface area contributed by atoms with Crippen molar-refractivity contribution in [2.75, 3.05) is 18.5 Å². The zero-order valence-electron chi connectivity index (χ0n) is 17.3. The van der Waals surface area contributed by atoms with E-state index in [-0.39, 0.29) is 18.3 Å². The fourth-order valence-corrected chi connectivity index (χ4v) is 3.53. The number of pyridine rings is 1. The maximum Gasteiger partial charge on any atom is 0.267 e. The van der Waals surface area contributed by atoms with Crippen molar-refractivity contribution in [3.8, 4) is 0 Å². The van der Waals surface area contributed by atoms with Gasteiger partial charge in [0.05, 0.1) is 10.1 Å². The number of hydrogen-bond donors (Lipinski definition) is 3. The van der Waals surface area contributed by atoms with Crippen LogP contribution >= 0.6 is 22.6 Å². The molecule has 10 heteroatoms. The number of nitrogens with one attached hydrogen (secondary N) is 3. The summed E-state index contributed by atoms with van der Waals surface area (Å²) in [5, 5.41) is 5.74. The molecule has 1 aromatic heterocycles. The number of carbonyl (C=O) groups excluding carboxylic acids is 2.